The second kappa shape index (κ2) is 8.28. The molecule has 24 heavy (non-hydrogen) atoms. The van der Waals surface area contributed by atoms with Gasteiger partial charge in [0.05, 0.1) is 6.10 Å². The molecule has 1 saturated carbocycles. The van der Waals surface area contributed by atoms with Gasteiger partial charge in [-0.2, -0.15) is 11.3 Å². The summed E-state index contributed by atoms with van der Waals surface area (Å²) in [5.74, 6) is 0. The van der Waals surface area contributed by atoms with Crippen LogP contribution in [0.2, 0.25) is 0 Å². The second-order valence-corrected chi connectivity index (χ2v) is 6.83. The number of aliphatic hydroxyl groups is 1. The number of ether oxygens (including phenoxy) is 1. The van der Waals surface area contributed by atoms with Gasteiger partial charge in [0.2, 0.25) is 0 Å². The molecule has 3 rings (SSSR count). The van der Waals surface area contributed by atoms with Crippen molar-refractivity contribution in [3.63, 3.8) is 0 Å². The maximum atomic E-state index is 11.8. The summed E-state index contributed by atoms with van der Waals surface area (Å²) in [4.78, 5) is 11.8. The highest BCUT2D eigenvalue weighted by Gasteiger charge is 2.30. The summed E-state index contributed by atoms with van der Waals surface area (Å²) in [6.45, 7) is 0.820. The number of hydrogen-bond acceptors (Lipinski definition) is 5. The molecule has 0 saturated heterocycles. The highest BCUT2D eigenvalue weighted by Crippen LogP contribution is 2.22. The topological polar surface area (TPSA) is 70.6 Å². The van der Waals surface area contributed by atoms with Gasteiger partial charge in [-0.25, -0.2) is 4.79 Å². The lowest BCUT2D eigenvalue weighted by molar-refractivity contribution is 0.120. The molecule has 1 aliphatic carbocycles. The van der Waals surface area contributed by atoms with Crippen LogP contribution in [0.4, 0.5) is 4.79 Å². The zero-order valence-electron chi connectivity index (χ0n) is 13.4. The largest absolute Gasteiger partial charge is 0.445 e. The van der Waals surface area contributed by atoms with Gasteiger partial charge in [-0.15, -0.1) is 0 Å². The molecule has 1 fully saturated rings. The number of nitrogens with one attached hydrogen (secondary N) is 2. The lowest BCUT2D eigenvalue weighted by atomic mass is 9.86. The van der Waals surface area contributed by atoms with E-state index in [1.807, 2.05) is 47.2 Å². The molecule has 5 nitrogen and oxygen atoms in total. The van der Waals surface area contributed by atoms with E-state index in [9.17, 15) is 9.90 Å². The molecule has 1 unspecified atom stereocenters. The zero-order chi connectivity index (χ0) is 16.8. The molecule has 128 valence electrons. The van der Waals surface area contributed by atoms with Crippen LogP contribution in [-0.2, 0) is 11.3 Å². The molecule has 1 amide bonds. The number of aliphatic hydroxyl groups excluding tert-OH is 1. The number of rotatable bonds is 7. The van der Waals surface area contributed by atoms with Gasteiger partial charge in [-0.3, -0.25) is 0 Å². The van der Waals surface area contributed by atoms with Crippen LogP contribution < -0.4 is 10.6 Å². The number of carbonyl (C=O) groups excluding carboxylic acids is 1. The fraction of sp³-hybridized carbons (Fsp3) is 0.389. The molecule has 0 bridgehead atoms. The Bertz CT molecular complexity index is 627. The number of amides is 1. The number of benzene rings is 1. The van der Waals surface area contributed by atoms with Crippen LogP contribution in [0, 0.1) is 0 Å². The summed E-state index contributed by atoms with van der Waals surface area (Å²) in [6.07, 6.45) is 0.868. The van der Waals surface area contributed by atoms with Crippen molar-refractivity contribution in [2.75, 3.05) is 6.54 Å². The molecule has 1 aromatic heterocycles. The van der Waals surface area contributed by atoms with Crippen LogP contribution in [0.3, 0.4) is 0 Å². The Morgan fingerprint density at radius 1 is 1.25 bits per heavy atom. The molecule has 1 heterocycles. The van der Waals surface area contributed by atoms with Crippen LogP contribution in [0.5, 0.6) is 0 Å². The third kappa shape index (κ3) is 4.80. The number of thiophene rings is 1. The number of hydrogen-bond donors (Lipinski definition) is 3. The van der Waals surface area contributed by atoms with Gasteiger partial charge < -0.3 is 20.5 Å². The van der Waals surface area contributed by atoms with E-state index in [1.54, 1.807) is 11.3 Å². The SMILES string of the molecule is O=C(NC1CC(NCC(O)c2ccsc2)C1)OCc1ccccc1. The first-order valence-electron chi connectivity index (χ1n) is 8.11. The van der Waals surface area contributed by atoms with Gasteiger partial charge in [-0.05, 0) is 40.8 Å². The Balaban J connectivity index is 1.28. The molecule has 1 aliphatic rings. The summed E-state index contributed by atoms with van der Waals surface area (Å²) in [6, 6.07) is 12.0. The average Bonchev–Trinajstić information content (AvgIpc) is 3.10. The van der Waals surface area contributed by atoms with E-state index in [0.29, 0.717) is 12.6 Å². The molecule has 0 aliphatic heterocycles. The Morgan fingerprint density at radius 3 is 2.75 bits per heavy atom. The predicted molar refractivity (Wildman–Crippen MR) is 93.9 cm³/mol. The highest BCUT2D eigenvalue weighted by molar-refractivity contribution is 7.07. The molecule has 1 atom stereocenters. The quantitative estimate of drug-likeness (QED) is 0.721. The molecule has 3 N–H and O–H groups in total. The maximum Gasteiger partial charge on any atom is 0.407 e. The van der Waals surface area contributed by atoms with Gasteiger partial charge in [-0.1, -0.05) is 30.3 Å². The minimum absolute atomic E-state index is 0.143. The van der Waals surface area contributed by atoms with Crippen molar-refractivity contribution < 1.29 is 14.6 Å². The minimum Gasteiger partial charge on any atom is -0.445 e. The summed E-state index contributed by atoms with van der Waals surface area (Å²) in [5, 5.41) is 20.1. The first-order valence-corrected chi connectivity index (χ1v) is 9.06. The van der Waals surface area contributed by atoms with Gasteiger partial charge in [0, 0.05) is 18.6 Å². The molecule has 0 spiro atoms. The number of alkyl carbamates (subject to hydrolysis) is 1. The van der Waals surface area contributed by atoms with Crippen LogP contribution in [0.15, 0.2) is 47.2 Å². The molecular formula is C18H22N2O3S. The van der Waals surface area contributed by atoms with E-state index in [4.69, 9.17) is 4.74 Å². The Morgan fingerprint density at radius 2 is 2.04 bits per heavy atom. The molecular weight excluding hydrogens is 324 g/mol. The molecule has 0 radical (unpaired) electrons. The average molecular weight is 346 g/mol. The van der Waals surface area contributed by atoms with Crippen molar-refractivity contribution in [3.8, 4) is 0 Å². The monoisotopic (exact) mass is 346 g/mol. The van der Waals surface area contributed by atoms with Gasteiger partial charge in [0.15, 0.2) is 0 Å². The minimum atomic E-state index is -0.473. The van der Waals surface area contributed by atoms with Crippen molar-refractivity contribution >= 4 is 17.4 Å². The van der Waals surface area contributed by atoms with E-state index in [2.05, 4.69) is 10.6 Å². The Hall–Kier alpha value is -1.89. The van der Waals surface area contributed by atoms with Crippen molar-refractivity contribution in [2.24, 2.45) is 0 Å². The predicted octanol–water partition coefficient (Wildman–Crippen LogP) is 2.83. The zero-order valence-corrected chi connectivity index (χ0v) is 14.2. The van der Waals surface area contributed by atoms with Gasteiger partial charge >= 0.3 is 6.09 Å². The highest BCUT2D eigenvalue weighted by atomic mass is 32.1. The smallest absolute Gasteiger partial charge is 0.407 e. The van der Waals surface area contributed by atoms with E-state index < -0.39 is 6.10 Å². The van der Waals surface area contributed by atoms with Gasteiger partial charge in [0.25, 0.3) is 0 Å². The van der Waals surface area contributed by atoms with E-state index in [-0.39, 0.29) is 18.7 Å². The summed E-state index contributed by atoms with van der Waals surface area (Å²) in [5.41, 5.74) is 1.93. The summed E-state index contributed by atoms with van der Waals surface area (Å²) in [7, 11) is 0. The Labute approximate surface area is 145 Å². The van der Waals surface area contributed by atoms with Crippen molar-refractivity contribution in [1.29, 1.82) is 0 Å². The standard InChI is InChI=1S/C18H22N2O3S/c21-17(14-6-7-24-12-14)10-19-15-8-16(9-15)20-18(22)23-11-13-4-2-1-3-5-13/h1-7,12,15-17,19,21H,8-11H2,(H,20,22). The normalized spacial score (nSPS) is 20.9. The summed E-state index contributed by atoms with van der Waals surface area (Å²) >= 11 is 1.58. The van der Waals surface area contributed by atoms with Crippen LogP contribution in [0.1, 0.15) is 30.1 Å². The number of carbonyl (C=O) groups is 1. The fourth-order valence-electron chi connectivity index (χ4n) is 2.69. The molecule has 6 heteroatoms. The van der Waals surface area contributed by atoms with Crippen molar-refractivity contribution in [1.82, 2.24) is 10.6 Å². The second-order valence-electron chi connectivity index (χ2n) is 6.05. The summed E-state index contributed by atoms with van der Waals surface area (Å²) < 4.78 is 5.21. The lowest BCUT2D eigenvalue weighted by Gasteiger charge is -2.36. The van der Waals surface area contributed by atoms with E-state index >= 15 is 0 Å². The van der Waals surface area contributed by atoms with Crippen LogP contribution >= 0.6 is 11.3 Å². The maximum absolute atomic E-state index is 11.8. The van der Waals surface area contributed by atoms with E-state index in [1.165, 1.54) is 0 Å². The van der Waals surface area contributed by atoms with Gasteiger partial charge in [0.1, 0.15) is 6.61 Å². The fourth-order valence-corrected chi connectivity index (χ4v) is 3.40. The lowest BCUT2D eigenvalue weighted by Crippen LogP contribution is -2.53. The third-order valence-electron chi connectivity index (χ3n) is 4.20. The van der Waals surface area contributed by atoms with Crippen molar-refractivity contribution in [2.45, 2.75) is 37.6 Å². The third-order valence-corrected chi connectivity index (χ3v) is 4.90. The van der Waals surface area contributed by atoms with Crippen molar-refractivity contribution in [3.05, 3.63) is 58.3 Å². The van der Waals surface area contributed by atoms with Crippen LogP contribution in [-0.4, -0.2) is 29.8 Å². The molecule has 1 aromatic carbocycles. The van der Waals surface area contributed by atoms with E-state index in [0.717, 1.165) is 24.0 Å². The molecule has 2 aromatic rings. The first kappa shape index (κ1) is 17.0. The van der Waals surface area contributed by atoms with Crippen LogP contribution in [0.25, 0.3) is 0 Å². The Kier molecular flexibility index (Phi) is 5.85. The first-order chi connectivity index (χ1) is 11.7.